The van der Waals surface area contributed by atoms with Gasteiger partial charge in [0, 0.05) is 30.3 Å². The summed E-state index contributed by atoms with van der Waals surface area (Å²) in [6, 6.07) is 5.31. The first kappa shape index (κ1) is 14.0. The number of rotatable bonds is 3. The van der Waals surface area contributed by atoms with E-state index in [4.69, 9.17) is 9.84 Å². The zero-order valence-electron chi connectivity index (χ0n) is 11.0. The zero-order chi connectivity index (χ0) is 13.7. The summed E-state index contributed by atoms with van der Waals surface area (Å²) in [7, 11) is 1.98. The van der Waals surface area contributed by atoms with E-state index in [9.17, 15) is 4.39 Å². The summed E-state index contributed by atoms with van der Waals surface area (Å²) < 4.78 is 19.3. The van der Waals surface area contributed by atoms with E-state index in [0.29, 0.717) is 23.7 Å². The van der Waals surface area contributed by atoms with Crippen molar-refractivity contribution in [1.82, 2.24) is 4.90 Å². The number of benzene rings is 1. The third-order valence-electron chi connectivity index (χ3n) is 3.31. The van der Waals surface area contributed by atoms with Crippen LogP contribution >= 0.6 is 0 Å². The van der Waals surface area contributed by atoms with Gasteiger partial charge in [-0.2, -0.15) is 0 Å². The molecule has 1 atom stereocenters. The summed E-state index contributed by atoms with van der Waals surface area (Å²) in [5.74, 6) is 4.95. The van der Waals surface area contributed by atoms with Crippen LogP contribution in [0.3, 0.4) is 0 Å². The minimum atomic E-state index is -0.254. The van der Waals surface area contributed by atoms with Crippen molar-refractivity contribution in [3.05, 3.63) is 35.1 Å². The molecule has 0 saturated carbocycles. The van der Waals surface area contributed by atoms with Crippen LogP contribution in [-0.4, -0.2) is 42.9 Å². The number of nitrogens with zero attached hydrogens (tertiary/aromatic N) is 1. The SMILES string of the molecule is CN(Cc1ccc(C#CCO)cc1F)C1CCOC1. The molecule has 0 amide bonds. The lowest BCUT2D eigenvalue weighted by Crippen LogP contribution is -2.31. The smallest absolute Gasteiger partial charge is 0.128 e. The Morgan fingerprint density at radius 3 is 3.00 bits per heavy atom. The van der Waals surface area contributed by atoms with Crippen LogP contribution in [0.5, 0.6) is 0 Å². The number of aliphatic hydroxyl groups is 1. The summed E-state index contributed by atoms with van der Waals surface area (Å²) in [6.07, 6.45) is 0.998. The third-order valence-corrected chi connectivity index (χ3v) is 3.31. The summed E-state index contributed by atoms with van der Waals surface area (Å²) >= 11 is 0. The highest BCUT2D eigenvalue weighted by Crippen LogP contribution is 2.16. The van der Waals surface area contributed by atoms with E-state index < -0.39 is 0 Å². The van der Waals surface area contributed by atoms with Crippen molar-refractivity contribution < 1.29 is 14.2 Å². The fourth-order valence-corrected chi connectivity index (χ4v) is 2.16. The van der Waals surface area contributed by atoms with Crippen molar-refractivity contribution in [2.75, 3.05) is 26.9 Å². The topological polar surface area (TPSA) is 32.7 Å². The Morgan fingerprint density at radius 2 is 2.37 bits per heavy atom. The standard InChI is InChI=1S/C15H18FNO2/c1-17(14-6-8-19-11-14)10-13-5-4-12(3-2-7-18)9-15(13)16/h4-5,9,14,18H,6-8,10-11H2,1H3. The molecule has 1 aliphatic heterocycles. The zero-order valence-corrected chi connectivity index (χ0v) is 11.0. The maximum Gasteiger partial charge on any atom is 0.128 e. The summed E-state index contributed by atoms with van der Waals surface area (Å²) in [6.45, 7) is 1.85. The number of aliphatic hydroxyl groups excluding tert-OH is 1. The average molecular weight is 263 g/mol. The van der Waals surface area contributed by atoms with Gasteiger partial charge in [0.05, 0.1) is 6.61 Å². The quantitative estimate of drug-likeness (QED) is 0.837. The number of ether oxygens (including phenoxy) is 1. The largest absolute Gasteiger partial charge is 0.384 e. The van der Waals surface area contributed by atoms with E-state index in [1.807, 2.05) is 7.05 Å². The van der Waals surface area contributed by atoms with Crippen LogP contribution in [0.15, 0.2) is 18.2 Å². The van der Waals surface area contributed by atoms with Gasteiger partial charge in [0.2, 0.25) is 0 Å². The molecule has 0 spiro atoms. The molecule has 1 unspecified atom stereocenters. The fraction of sp³-hybridized carbons (Fsp3) is 0.467. The molecule has 19 heavy (non-hydrogen) atoms. The van der Waals surface area contributed by atoms with E-state index in [-0.39, 0.29) is 12.4 Å². The Labute approximate surface area is 113 Å². The highest BCUT2D eigenvalue weighted by atomic mass is 19.1. The van der Waals surface area contributed by atoms with Gasteiger partial charge in [0.15, 0.2) is 0 Å². The van der Waals surface area contributed by atoms with Gasteiger partial charge in [-0.1, -0.05) is 17.9 Å². The van der Waals surface area contributed by atoms with Gasteiger partial charge in [0.25, 0.3) is 0 Å². The number of hydrogen-bond donors (Lipinski definition) is 1. The van der Waals surface area contributed by atoms with Crippen LogP contribution in [0.1, 0.15) is 17.5 Å². The van der Waals surface area contributed by atoms with Gasteiger partial charge in [0.1, 0.15) is 12.4 Å². The van der Waals surface area contributed by atoms with Gasteiger partial charge in [-0.25, -0.2) is 4.39 Å². The maximum absolute atomic E-state index is 13.9. The van der Waals surface area contributed by atoms with Crippen molar-refractivity contribution in [3.63, 3.8) is 0 Å². The van der Waals surface area contributed by atoms with Crippen molar-refractivity contribution in [1.29, 1.82) is 0 Å². The first-order valence-corrected chi connectivity index (χ1v) is 6.37. The maximum atomic E-state index is 13.9. The summed E-state index contributed by atoms with van der Waals surface area (Å²) in [5.41, 5.74) is 1.24. The first-order valence-electron chi connectivity index (χ1n) is 6.37. The van der Waals surface area contributed by atoms with E-state index in [2.05, 4.69) is 16.7 Å². The van der Waals surface area contributed by atoms with Crippen LogP contribution in [-0.2, 0) is 11.3 Å². The van der Waals surface area contributed by atoms with Crippen LogP contribution in [0.2, 0.25) is 0 Å². The molecule has 1 saturated heterocycles. The van der Waals surface area contributed by atoms with Crippen molar-refractivity contribution in [2.45, 2.75) is 19.0 Å². The first-order chi connectivity index (χ1) is 9.20. The molecule has 3 nitrogen and oxygen atoms in total. The van der Waals surface area contributed by atoms with Gasteiger partial charge in [-0.15, -0.1) is 0 Å². The molecule has 1 N–H and O–H groups in total. The van der Waals surface area contributed by atoms with Crippen LogP contribution in [0.4, 0.5) is 4.39 Å². The van der Waals surface area contributed by atoms with Gasteiger partial charge < -0.3 is 9.84 Å². The minimum absolute atomic E-state index is 0.214. The molecular formula is C15H18FNO2. The van der Waals surface area contributed by atoms with E-state index in [1.165, 1.54) is 6.07 Å². The molecule has 1 aromatic carbocycles. The van der Waals surface area contributed by atoms with E-state index >= 15 is 0 Å². The molecule has 0 aromatic heterocycles. The highest BCUT2D eigenvalue weighted by Gasteiger charge is 2.20. The lowest BCUT2D eigenvalue weighted by Gasteiger charge is -2.23. The molecule has 1 fully saturated rings. The van der Waals surface area contributed by atoms with Crippen LogP contribution in [0.25, 0.3) is 0 Å². The minimum Gasteiger partial charge on any atom is -0.384 e. The predicted octanol–water partition coefficient (Wildman–Crippen LogP) is 1.39. The monoisotopic (exact) mass is 263 g/mol. The second kappa shape index (κ2) is 6.67. The second-order valence-corrected chi connectivity index (χ2v) is 4.70. The Morgan fingerprint density at radius 1 is 1.53 bits per heavy atom. The lowest BCUT2D eigenvalue weighted by molar-refractivity contribution is 0.155. The van der Waals surface area contributed by atoms with Crippen molar-refractivity contribution in [2.24, 2.45) is 0 Å². The van der Waals surface area contributed by atoms with Gasteiger partial charge >= 0.3 is 0 Å². The highest BCUT2D eigenvalue weighted by molar-refractivity contribution is 5.37. The molecule has 1 heterocycles. The molecule has 0 radical (unpaired) electrons. The van der Waals surface area contributed by atoms with Crippen molar-refractivity contribution >= 4 is 0 Å². The van der Waals surface area contributed by atoms with E-state index in [0.717, 1.165) is 19.6 Å². The Kier molecular flexibility index (Phi) is 4.92. The Bertz CT molecular complexity index is 487. The third kappa shape index (κ3) is 3.77. The Hall–Kier alpha value is -1.41. The van der Waals surface area contributed by atoms with Crippen LogP contribution < -0.4 is 0 Å². The van der Waals surface area contributed by atoms with Crippen LogP contribution in [0, 0.1) is 17.7 Å². The molecule has 0 aliphatic carbocycles. The van der Waals surface area contributed by atoms with Crippen molar-refractivity contribution in [3.8, 4) is 11.8 Å². The molecule has 4 heteroatoms. The van der Waals surface area contributed by atoms with Gasteiger partial charge in [-0.3, -0.25) is 4.90 Å². The molecular weight excluding hydrogens is 245 g/mol. The fourth-order valence-electron chi connectivity index (χ4n) is 2.16. The predicted molar refractivity (Wildman–Crippen MR) is 71.1 cm³/mol. The molecule has 0 bridgehead atoms. The summed E-state index contributed by atoms with van der Waals surface area (Å²) in [5, 5.41) is 8.61. The lowest BCUT2D eigenvalue weighted by atomic mass is 10.1. The number of hydrogen-bond acceptors (Lipinski definition) is 3. The molecule has 1 aliphatic rings. The molecule has 1 aromatic rings. The molecule has 102 valence electrons. The average Bonchev–Trinajstić information content (AvgIpc) is 2.93. The number of halogens is 1. The Balaban J connectivity index is 2.04. The van der Waals surface area contributed by atoms with Gasteiger partial charge in [-0.05, 0) is 25.6 Å². The second-order valence-electron chi connectivity index (χ2n) is 4.70. The molecule has 2 rings (SSSR count). The number of likely N-dealkylation sites (N-methyl/N-ethyl adjacent to an activating group) is 1. The van der Waals surface area contributed by atoms with E-state index in [1.54, 1.807) is 12.1 Å². The summed E-state index contributed by atoms with van der Waals surface area (Å²) in [4.78, 5) is 2.12. The normalized spacial score (nSPS) is 18.4.